The average Bonchev–Trinajstić information content (AvgIpc) is 3.31. The van der Waals surface area contributed by atoms with Crippen molar-refractivity contribution in [2.75, 3.05) is 13.1 Å². The maximum absolute atomic E-state index is 8.91. The zero-order valence-corrected chi connectivity index (χ0v) is 14.1. The second-order valence-electron chi connectivity index (χ2n) is 7.26. The summed E-state index contributed by atoms with van der Waals surface area (Å²) in [5, 5.41) is 8.91. The first-order valence-electron chi connectivity index (χ1n) is 9.04. The predicted octanol–water partition coefficient (Wildman–Crippen LogP) is 3.54. The first-order valence-corrected chi connectivity index (χ1v) is 9.04. The van der Waals surface area contributed by atoms with Gasteiger partial charge in [-0.1, -0.05) is 12.1 Å². The zero-order chi connectivity index (χ0) is 16.4. The Kier molecular flexibility index (Phi) is 4.36. The van der Waals surface area contributed by atoms with Crippen LogP contribution >= 0.6 is 0 Å². The van der Waals surface area contributed by atoms with E-state index in [0.717, 1.165) is 37.7 Å². The summed E-state index contributed by atoms with van der Waals surface area (Å²) in [7, 11) is 0. The minimum absolute atomic E-state index is 0.547. The number of benzene rings is 1. The number of rotatable bonds is 5. The minimum Gasteiger partial charge on any atom is -0.334 e. The Morgan fingerprint density at radius 3 is 2.75 bits per heavy atom. The standard InChI is InChI=1S/C20H24N4/c21-12-16-3-5-17(6-4-16)13-23-10-1-2-19(15-23)20-22-9-11-24(20)14-18-7-8-18/h3-6,9,11,18-19H,1-2,7-8,10,13-15H2/t19-/m1/s1. The second kappa shape index (κ2) is 6.78. The van der Waals surface area contributed by atoms with E-state index in [1.807, 2.05) is 18.3 Å². The van der Waals surface area contributed by atoms with Gasteiger partial charge in [-0.2, -0.15) is 5.26 Å². The summed E-state index contributed by atoms with van der Waals surface area (Å²) in [6.07, 6.45) is 9.37. The van der Waals surface area contributed by atoms with Crippen LogP contribution in [-0.4, -0.2) is 27.5 Å². The van der Waals surface area contributed by atoms with Crippen LogP contribution < -0.4 is 0 Å². The molecule has 1 saturated heterocycles. The number of likely N-dealkylation sites (tertiary alicyclic amines) is 1. The first-order chi connectivity index (χ1) is 11.8. The van der Waals surface area contributed by atoms with Crippen molar-refractivity contribution in [1.82, 2.24) is 14.5 Å². The van der Waals surface area contributed by atoms with Gasteiger partial charge in [0.05, 0.1) is 11.6 Å². The third-order valence-electron chi connectivity index (χ3n) is 5.26. The first kappa shape index (κ1) is 15.4. The third-order valence-corrected chi connectivity index (χ3v) is 5.26. The topological polar surface area (TPSA) is 44.9 Å². The molecule has 0 bridgehead atoms. The van der Waals surface area contributed by atoms with Gasteiger partial charge in [-0.05, 0) is 55.8 Å². The molecule has 1 aromatic heterocycles. The van der Waals surface area contributed by atoms with Crippen LogP contribution in [-0.2, 0) is 13.1 Å². The number of imidazole rings is 1. The van der Waals surface area contributed by atoms with E-state index in [9.17, 15) is 0 Å². The molecule has 2 aromatic rings. The maximum Gasteiger partial charge on any atom is 0.113 e. The van der Waals surface area contributed by atoms with Crippen LogP contribution in [0.4, 0.5) is 0 Å². The maximum atomic E-state index is 8.91. The van der Waals surface area contributed by atoms with E-state index in [-0.39, 0.29) is 0 Å². The molecule has 1 aliphatic carbocycles. The fraction of sp³-hybridized carbons (Fsp3) is 0.500. The van der Waals surface area contributed by atoms with E-state index in [2.05, 4.69) is 38.8 Å². The highest BCUT2D eigenvalue weighted by atomic mass is 15.1. The van der Waals surface area contributed by atoms with E-state index in [0.29, 0.717) is 5.92 Å². The molecule has 2 fully saturated rings. The Labute approximate surface area is 143 Å². The largest absolute Gasteiger partial charge is 0.334 e. The molecule has 0 amide bonds. The Bertz CT molecular complexity index is 721. The fourth-order valence-electron chi connectivity index (χ4n) is 3.77. The van der Waals surface area contributed by atoms with Crippen LogP contribution in [0.1, 0.15) is 48.6 Å². The van der Waals surface area contributed by atoms with Gasteiger partial charge in [0.25, 0.3) is 0 Å². The number of hydrogen-bond donors (Lipinski definition) is 0. The molecule has 0 radical (unpaired) electrons. The smallest absolute Gasteiger partial charge is 0.113 e. The molecule has 0 N–H and O–H groups in total. The monoisotopic (exact) mass is 320 g/mol. The van der Waals surface area contributed by atoms with E-state index in [1.165, 1.54) is 37.1 Å². The Morgan fingerprint density at radius 2 is 2.00 bits per heavy atom. The van der Waals surface area contributed by atoms with Gasteiger partial charge in [0.1, 0.15) is 5.82 Å². The van der Waals surface area contributed by atoms with Gasteiger partial charge in [-0.15, -0.1) is 0 Å². The molecule has 2 aliphatic rings. The molecule has 1 atom stereocenters. The highest BCUT2D eigenvalue weighted by molar-refractivity contribution is 5.31. The zero-order valence-electron chi connectivity index (χ0n) is 14.1. The van der Waals surface area contributed by atoms with E-state index in [4.69, 9.17) is 5.26 Å². The van der Waals surface area contributed by atoms with Crippen LogP contribution in [0.2, 0.25) is 0 Å². The number of aromatic nitrogens is 2. The number of piperidine rings is 1. The van der Waals surface area contributed by atoms with Crippen molar-refractivity contribution in [2.24, 2.45) is 5.92 Å². The Morgan fingerprint density at radius 1 is 1.17 bits per heavy atom. The molecule has 1 aliphatic heterocycles. The number of hydrogen-bond acceptors (Lipinski definition) is 3. The van der Waals surface area contributed by atoms with Crippen LogP contribution in [0.25, 0.3) is 0 Å². The minimum atomic E-state index is 0.547. The van der Waals surface area contributed by atoms with Gasteiger partial charge >= 0.3 is 0 Å². The molecule has 4 heteroatoms. The average molecular weight is 320 g/mol. The summed E-state index contributed by atoms with van der Waals surface area (Å²) in [6.45, 7) is 4.36. The normalized spacial score (nSPS) is 21.5. The Balaban J connectivity index is 1.41. The highest BCUT2D eigenvalue weighted by Gasteiger charge is 2.27. The van der Waals surface area contributed by atoms with Crippen molar-refractivity contribution < 1.29 is 0 Å². The number of nitriles is 1. The van der Waals surface area contributed by atoms with Crippen LogP contribution in [0.15, 0.2) is 36.7 Å². The van der Waals surface area contributed by atoms with Crippen LogP contribution in [0.3, 0.4) is 0 Å². The predicted molar refractivity (Wildman–Crippen MR) is 93.4 cm³/mol. The lowest BCUT2D eigenvalue weighted by Gasteiger charge is -2.32. The molecule has 24 heavy (non-hydrogen) atoms. The molecular weight excluding hydrogens is 296 g/mol. The van der Waals surface area contributed by atoms with E-state index >= 15 is 0 Å². The molecular formula is C20H24N4. The van der Waals surface area contributed by atoms with Crippen LogP contribution in [0.5, 0.6) is 0 Å². The number of nitrogens with zero attached hydrogens (tertiary/aromatic N) is 4. The Hall–Kier alpha value is -2.12. The summed E-state index contributed by atoms with van der Waals surface area (Å²) in [6, 6.07) is 10.2. The summed E-state index contributed by atoms with van der Waals surface area (Å²) in [5.41, 5.74) is 2.02. The van der Waals surface area contributed by atoms with E-state index < -0.39 is 0 Å². The molecule has 1 aromatic carbocycles. The van der Waals surface area contributed by atoms with Crippen molar-refractivity contribution >= 4 is 0 Å². The summed E-state index contributed by atoms with van der Waals surface area (Å²) >= 11 is 0. The van der Waals surface area contributed by atoms with Crippen molar-refractivity contribution in [1.29, 1.82) is 5.26 Å². The summed E-state index contributed by atoms with van der Waals surface area (Å²) in [5.74, 6) is 2.72. The molecule has 124 valence electrons. The third kappa shape index (κ3) is 3.52. The molecule has 4 rings (SSSR count). The lowest BCUT2D eigenvalue weighted by atomic mass is 9.96. The quantitative estimate of drug-likeness (QED) is 0.846. The van der Waals surface area contributed by atoms with Crippen molar-refractivity contribution in [2.45, 2.75) is 44.7 Å². The van der Waals surface area contributed by atoms with Gasteiger partial charge in [-0.3, -0.25) is 4.90 Å². The lowest BCUT2D eigenvalue weighted by molar-refractivity contribution is 0.194. The van der Waals surface area contributed by atoms with Gasteiger partial charge in [0.2, 0.25) is 0 Å². The van der Waals surface area contributed by atoms with Gasteiger partial charge in [0, 0.05) is 37.9 Å². The van der Waals surface area contributed by atoms with Gasteiger partial charge in [0.15, 0.2) is 0 Å². The fourth-order valence-corrected chi connectivity index (χ4v) is 3.77. The molecule has 4 nitrogen and oxygen atoms in total. The van der Waals surface area contributed by atoms with Gasteiger partial charge in [-0.25, -0.2) is 4.98 Å². The molecule has 2 heterocycles. The van der Waals surface area contributed by atoms with Crippen LogP contribution in [0, 0.1) is 17.2 Å². The second-order valence-corrected chi connectivity index (χ2v) is 7.26. The van der Waals surface area contributed by atoms with Gasteiger partial charge < -0.3 is 4.57 Å². The summed E-state index contributed by atoms with van der Waals surface area (Å²) in [4.78, 5) is 7.22. The molecule has 0 spiro atoms. The van der Waals surface area contributed by atoms with E-state index in [1.54, 1.807) is 0 Å². The van der Waals surface area contributed by atoms with Crippen molar-refractivity contribution in [3.8, 4) is 6.07 Å². The summed E-state index contributed by atoms with van der Waals surface area (Å²) < 4.78 is 2.40. The lowest BCUT2D eigenvalue weighted by Crippen LogP contribution is -2.35. The SMILES string of the molecule is N#Cc1ccc(CN2CCC[C@@H](c3nccn3CC3CC3)C2)cc1. The molecule has 1 saturated carbocycles. The highest BCUT2D eigenvalue weighted by Crippen LogP contribution is 2.33. The molecule has 0 unspecified atom stereocenters. The van der Waals surface area contributed by atoms with Crippen molar-refractivity contribution in [3.05, 3.63) is 53.6 Å². The van der Waals surface area contributed by atoms with Crippen molar-refractivity contribution in [3.63, 3.8) is 0 Å².